The Morgan fingerprint density at radius 2 is 1.94 bits per heavy atom. The number of nitrogens with zero attached hydrogens (tertiary/aromatic N) is 1. The molecule has 1 aromatic heterocycles. The molecule has 0 unspecified atom stereocenters. The summed E-state index contributed by atoms with van der Waals surface area (Å²) in [6, 6.07) is 11.7. The van der Waals surface area contributed by atoms with E-state index in [-0.39, 0.29) is 24.7 Å². The van der Waals surface area contributed by atoms with Gasteiger partial charge in [-0.25, -0.2) is 0 Å². The molecule has 84 valence electrons. The van der Waals surface area contributed by atoms with Crippen molar-refractivity contribution in [3.8, 4) is 0 Å². The van der Waals surface area contributed by atoms with Crippen molar-refractivity contribution in [3.05, 3.63) is 42.1 Å². The molecule has 0 radical (unpaired) electrons. The Kier molecular flexibility index (Phi) is 4.40. The molecule has 0 fully saturated rings. The highest BCUT2D eigenvalue weighted by Crippen LogP contribution is 2.11. The summed E-state index contributed by atoms with van der Waals surface area (Å²) in [6.07, 6.45) is 0.321. The van der Waals surface area contributed by atoms with E-state index in [4.69, 9.17) is 5.73 Å². The van der Waals surface area contributed by atoms with Gasteiger partial charge in [-0.3, -0.25) is 9.78 Å². The third-order valence-corrected chi connectivity index (χ3v) is 2.26. The number of aromatic nitrogens is 1. The molecule has 0 aliphatic carbocycles. The maximum atomic E-state index is 11.2. The van der Waals surface area contributed by atoms with Crippen molar-refractivity contribution < 1.29 is 4.79 Å². The number of carbonyl (C=O) groups excluding carboxylic acids is 1. The van der Waals surface area contributed by atoms with E-state index in [0.717, 1.165) is 16.6 Å². The highest BCUT2D eigenvalue weighted by molar-refractivity contribution is 5.85. The van der Waals surface area contributed by atoms with Crippen LogP contribution in [0.5, 0.6) is 0 Å². The van der Waals surface area contributed by atoms with Crippen molar-refractivity contribution in [2.45, 2.75) is 6.42 Å². The second kappa shape index (κ2) is 5.58. The summed E-state index contributed by atoms with van der Waals surface area (Å²) in [5, 5.41) is 1.08. The van der Waals surface area contributed by atoms with Crippen molar-refractivity contribution in [1.82, 2.24) is 4.98 Å². The summed E-state index contributed by atoms with van der Waals surface area (Å²) in [7, 11) is 0. The standard InChI is InChI=1S/C12H12N2O.ClH/c13-8-11(15)7-10-6-5-9-3-1-2-4-12(9)14-10;/h1-6H,7-8,13H2;1H. The van der Waals surface area contributed by atoms with Gasteiger partial charge in [0.05, 0.1) is 18.5 Å². The summed E-state index contributed by atoms with van der Waals surface area (Å²) in [4.78, 5) is 15.5. The third-order valence-electron chi connectivity index (χ3n) is 2.26. The van der Waals surface area contributed by atoms with Gasteiger partial charge < -0.3 is 5.73 Å². The van der Waals surface area contributed by atoms with E-state index in [2.05, 4.69) is 4.98 Å². The fourth-order valence-electron chi connectivity index (χ4n) is 1.48. The van der Waals surface area contributed by atoms with Crippen LogP contribution in [0.1, 0.15) is 5.69 Å². The minimum Gasteiger partial charge on any atom is -0.324 e. The van der Waals surface area contributed by atoms with Crippen LogP contribution in [0.15, 0.2) is 36.4 Å². The van der Waals surface area contributed by atoms with Crippen molar-refractivity contribution in [3.63, 3.8) is 0 Å². The molecule has 0 saturated heterocycles. The van der Waals surface area contributed by atoms with E-state index in [1.54, 1.807) is 0 Å². The molecule has 0 aliphatic rings. The minimum absolute atomic E-state index is 0. The predicted octanol–water partition coefficient (Wildman–Crippen LogP) is 1.73. The van der Waals surface area contributed by atoms with Crippen LogP contribution in [-0.2, 0) is 11.2 Å². The average Bonchev–Trinajstić information content (AvgIpc) is 2.29. The first-order chi connectivity index (χ1) is 7.29. The Morgan fingerprint density at radius 1 is 1.19 bits per heavy atom. The van der Waals surface area contributed by atoms with Crippen molar-refractivity contribution in [2.75, 3.05) is 6.54 Å². The van der Waals surface area contributed by atoms with Gasteiger partial charge in [0.2, 0.25) is 0 Å². The maximum absolute atomic E-state index is 11.2. The summed E-state index contributed by atoms with van der Waals surface area (Å²) < 4.78 is 0. The topological polar surface area (TPSA) is 56.0 Å². The largest absolute Gasteiger partial charge is 0.324 e. The van der Waals surface area contributed by atoms with Gasteiger partial charge in [-0.2, -0.15) is 0 Å². The first kappa shape index (κ1) is 12.6. The lowest BCUT2D eigenvalue weighted by molar-refractivity contribution is -0.117. The van der Waals surface area contributed by atoms with Crippen molar-refractivity contribution >= 4 is 29.1 Å². The number of rotatable bonds is 3. The fraction of sp³-hybridized carbons (Fsp3) is 0.167. The lowest BCUT2D eigenvalue weighted by Gasteiger charge is -2.01. The second-order valence-electron chi connectivity index (χ2n) is 3.41. The highest BCUT2D eigenvalue weighted by atomic mass is 35.5. The summed E-state index contributed by atoms with van der Waals surface area (Å²) >= 11 is 0. The zero-order valence-corrected chi connectivity index (χ0v) is 9.54. The number of fused-ring (bicyclic) bond motifs is 1. The lowest BCUT2D eigenvalue weighted by Crippen LogP contribution is -2.16. The van der Waals surface area contributed by atoms with E-state index in [0.29, 0.717) is 6.42 Å². The number of ketones is 1. The molecule has 0 saturated carbocycles. The van der Waals surface area contributed by atoms with Crippen LogP contribution in [0, 0.1) is 0 Å². The number of pyridine rings is 1. The van der Waals surface area contributed by atoms with Crippen LogP contribution in [0.2, 0.25) is 0 Å². The molecular weight excluding hydrogens is 224 g/mol. The molecule has 1 aromatic carbocycles. The zero-order chi connectivity index (χ0) is 10.7. The van der Waals surface area contributed by atoms with Crippen LogP contribution < -0.4 is 5.73 Å². The maximum Gasteiger partial charge on any atom is 0.152 e. The fourth-order valence-corrected chi connectivity index (χ4v) is 1.48. The van der Waals surface area contributed by atoms with E-state index < -0.39 is 0 Å². The van der Waals surface area contributed by atoms with E-state index in [1.165, 1.54) is 0 Å². The molecule has 0 bridgehead atoms. The molecule has 3 nitrogen and oxygen atoms in total. The number of hydrogen-bond acceptors (Lipinski definition) is 3. The molecule has 0 atom stereocenters. The van der Waals surface area contributed by atoms with Crippen LogP contribution >= 0.6 is 12.4 Å². The molecule has 0 aliphatic heterocycles. The van der Waals surface area contributed by atoms with Gasteiger partial charge in [-0.1, -0.05) is 24.3 Å². The molecule has 1 heterocycles. The Hall–Kier alpha value is -1.45. The number of benzene rings is 1. The molecule has 16 heavy (non-hydrogen) atoms. The molecule has 0 spiro atoms. The normalized spacial score (nSPS) is 9.81. The minimum atomic E-state index is 0. The van der Waals surface area contributed by atoms with E-state index in [1.807, 2.05) is 36.4 Å². The smallest absolute Gasteiger partial charge is 0.152 e. The SMILES string of the molecule is Cl.NCC(=O)Cc1ccc2ccccc2n1. The van der Waals surface area contributed by atoms with Crippen LogP contribution in [-0.4, -0.2) is 17.3 Å². The summed E-state index contributed by atoms with van der Waals surface area (Å²) in [5.74, 6) is 0.0118. The quantitative estimate of drug-likeness (QED) is 0.883. The molecule has 4 heteroatoms. The van der Waals surface area contributed by atoms with Gasteiger partial charge in [0.1, 0.15) is 0 Å². The van der Waals surface area contributed by atoms with Crippen molar-refractivity contribution in [1.29, 1.82) is 0 Å². The average molecular weight is 237 g/mol. The van der Waals surface area contributed by atoms with E-state index >= 15 is 0 Å². The number of nitrogens with two attached hydrogens (primary N) is 1. The predicted molar refractivity (Wildman–Crippen MR) is 66.8 cm³/mol. The molecule has 2 aromatic rings. The van der Waals surface area contributed by atoms with Gasteiger partial charge in [0.25, 0.3) is 0 Å². The number of carbonyl (C=O) groups is 1. The highest BCUT2D eigenvalue weighted by Gasteiger charge is 2.03. The van der Waals surface area contributed by atoms with Crippen molar-refractivity contribution in [2.24, 2.45) is 5.73 Å². The second-order valence-corrected chi connectivity index (χ2v) is 3.41. The Labute approximate surface area is 100 Å². The van der Waals surface area contributed by atoms with Gasteiger partial charge in [0, 0.05) is 11.1 Å². The Balaban J connectivity index is 0.00000128. The molecule has 0 amide bonds. The molecule has 2 N–H and O–H groups in total. The Bertz CT molecular complexity index is 499. The third kappa shape index (κ3) is 2.78. The number of hydrogen-bond donors (Lipinski definition) is 1. The number of halogens is 1. The summed E-state index contributed by atoms with van der Waals surface area (Å²) in [5.41, 5.74) is 6.95. The van der Waals surface area contributed by atoms with E-state index in [9.17, 15) is 4.79 Å². The van der Waals surface area contributed by atoms with Gasteiger partial charge in [0.15, 0.2) is 5.78 Å². The number of para-hydroxylation sites is 1. The first-order valence-corrected chi connectivity index (χ1v) is 4.86. The van der Waals surface area contributed by atoms with Gasteiger partial charge >= 0.3 is 0 Å². The molecular formula is C12H13ClN2O. The zero-order valence-electron chi connectivity index (χ0n) is 8.72. The molecule has 2 rings (SSSR count). The number of Topliss-reactive ketones (excluding diaryl/α,β-unsaturated/α-hetero) is 1. The Morgan fingerprint density at radius 3 is 2.69 bits per heavy atom. The van der Waals surface area contributed by atoms with Crippen LogP contribution in [0.4, 0.5) is 0 Å². The lowest BCUT2D eigenvalue weighted by atomic mass is 10.1. The van der Waals surface area contributed by atoms with Crippen LogP contribution in [0.3, 0.4) is 0 Å². The monoisotopic (exact) mass is 236 g/mol. The summed E-state index contributed by atoms with van der Waals surface area (Å²) in [6.45, 7) is 0.0779. The van der Waals surface area contributed by atoms with Crippen LogP contribution in [0.25, 0.3) is 10.9 Å². The van der Waals surface area contributed by atoms with Gasteiger partial charge in [-0.15, -0.1) is 12.4 Å². The first-order valence-electron chi connectivity index (χ1n) is 4.86. The van der Waals surface area contributed by atoms with Gasteiger partial charge in [-0.05, 0) is 12.1 Å².